The van der Waals surface area contributed by atoms with Crippen LogP contribution in [0.15, 0.2) is 129 Å². The minimum atomic E-state index is -4.93. The van der Waals surface area contributed by atoms with Crippen LogP contribution in [0, 0.1) is 0 Å². The molecule has 0 aliphatic rings. The lowest BCUT2D eigenvalue weighted by molar-refractivity contribution is 0.101. The second kappa shape index (κ2) is 19.5. The van der Waals surface area contributed by atoms with E-state index in [4.69, 9.17) is 0 Å². The minimum Gasteiger partial charge on any atom is -0.337 e. The summed E-state index contributed by atoms with van der Waals surface area (Å²) < 4.78 is 139. The molecule has 0 spiro atoms. The molecule has 0 aliphatic carbocycles. The van der Waals surface area contributed by atoms with Crippen molar-refractivity contribution < 1.29 is 75.9 Å². The Labute approximate surface area is 430 Å². The Hall–Kier alpha value is -8.69. The van der Waals surface area contributed by atoms with Gasteiger partial charge in [0.05, 0.1) is 32.0 Å². The number of amides is 6. The van der Waals surface area contributed by atoms with Gasteiger partial charge in [-0.1, -0.05) is 12.1 Å². The van der Waals surface area contributed by atoms with Crippen molar-refractivity contribution in [3.8, 4) is 0 Å². The van der Waals surface area contributed by atoms with Crippen LogP contribution in [-0.2, 0) is 68.7 Å². The SMILES string of the molecule is Cn1cc(C(=O)Nc2cc(C(=O)Nc3ccc4c(S(=O)(=O)O)cc(S(=O)(=O)O)cc4c3)cn2C)cc1NC(=O)Nc1cc(C(=O)Nc2cc(C(=O)Nc3ccc4c(S(=O)(=O)O)cc(S(=O)(=O)O)cc4c3)cn2C)cn1C. The summed E-state index contributed by atoms with van der Waals surface area (Å²) in [5.41, 5.74) is 0.457. The number of nitrogens with zero attached hydrogens (tertiary/aromatic N) is 4. The Bertz CT molecular complexity index is 4020. The number of aryl methyl sites for hydroxylation is 4. The molecule has 4 heterocycles. The lowest BCUT2D eigenvalue weighted by atomic mass is 10.1. The van der Waals surface area contributed by atoms with Crippen LogP contribution in [0.2, 0.25) is 0 Å². The Morgan fingerprint density at radius 2 is 0.658 bits per heavy atom. The highest BCUT2D eigenvalue weighted by molar-refractivity contribution is 7.87. The number of hydrogen-bond acceptors (Lipinski definition) is 13. The van der Waals surface area contributed by atoms with Crippen molar-refractivity contribution in [2.45, 2.75) is 19.6 Å². The number of rotatable bonds is 14. The largest absolute Gasteiger partial charge is 0.337 e. The fraction of sp³-hybridized carbons (Fsp3) is 0.0889. The van der Waals surface area contributed by atoms with Gasteiger partial charge in [-0.3, -0.25) is 48.0 Å². The van der Waals surface area contributed by atoms with Gasteiger partial charge in [-0.15, -0.1) is 0 Å². The standard InChI is InChI=1S/C45H40N10O17S4/c1-52-19-25(41(56)46-29-5-7-33-23(9-29)11-31(73(61,62)63)17-35(33)75(67,68)69)13-37(52)48-43(58)27-15-39(54(3)21-27)50-45(60)51-40-16-28(22-55(40)4)44(59)49-38-14-26(20-53(38)2)42(57)47-30-6-8-34-24(10-30)12-32(74(64,65)66)18-36(34)76(70,71)72/h5-22H,1-4H3,(H,46,56)(H,47,57)(H,48,58)(H,49,59)(H2,50,51,60)(H,61,62,63)(H,64,65,66)(H,67,68,69)(H,70,71,72). The fourth-order valence-corrected chi connectivity index (χ4v) is 10.5. The number of urea groups is 1. The maximum Gasteiger partial charge on any atom is 0.325 e. The summed E-state index contributed by atoms with van der Waals surface area (Å²) in [4.78, 5) is 63.3. The van der Waals surface area contributed by atoms with Crippen LogP contribution >= 0.6 is 0 Å². The molecule has 0 atom stereocenters. The van der Waals surface area contributed by atoms with Crippen molar-refractivity contribution in [1.82, 2.24) is 18.3 Å². The summed E-state index contributed by atoms with van der Waals surface area (Å²) in [6, 6.07) is 15.3. The quantitative estimate of drug-likeness (QED) is 0.0641. The normalized spacial score (nSPS) is 12.1. The lowest BCUT2D eigenvalue weighted by Crippen LogP contribution is -2.22. The molecule has 0 radical (unpaired) electrons. The van der Waals surface area contributed by atoms with Crippen LogP contribution in [0.4, 0.5) is 39.4 Å². The van der Waals surface area contributed by atoms with Crippen molar-refractivity contribution in [1.29, 1.82) is 0 Å². The molecule has 0 bridgehead atoms. The second-order valence-electron chi connectivity index (χ2n) is 16.9. The van der Waals surface area contributed by atoms with E-state index in [-0.39, 0.29) is 78.4 Å². The molecule has 10 N–H and O–H groups in total. The van der Waals surface area contributed by atoms with Crippen LogP contribution in [0.3, 0.4) is 0 Å². The Kier molecular flexibility index (Phi) is 13.8. The zero-order valence-corrected chi connectivity index (χ0v) is 42.7. The molecule has 8 aromatic rings. The van der Waals surface area contributed by atoms with Gasteiger partial charge in [0, 0.05) is 75.1 Å². The maximum absolute atomic E-state index is 13.4. The summed E-state index contributed by atoms with van der Waals surface area (Å²) in [7, 11) is -13.5. The van der Waals surface area contributed by atoms with E-state index in [0.717, 1.165) is 12.1 Å². The van der Waals surface area contributed by atoms with Crippen LogP contribution < -0.4 is 31.9 Å². The van der Waals surface area contributed by atoms with Gasteiger partial charge < -0.3 is 39.5 Å². The van der Waals surface area contributed by atoms with Crippen molar-refractivity contribution in [3.05, 3.63) is 132 Å². The molecule has 396 valence electrons. The molecule has 0 aliphatic heterocycles. The molecule has 31 heteroatoms. The van der Waals surface area contributed by atoms with E-state index in [1.807, 2.05) is 0 Å². The molecule has 0 unspecified atom stereocenters. The Morgan fingerprint density at radius 3 is 0.947 bits per heavy atom. The molecule has 76 heavy (non-hydrogen) atoms. The zero-order chi connectivity index (χ0) is 55.6. The smallest absolute Gasteiger partial charge is 0.325 e. The lowest BCUT2D eigenvalue weighted by Gasteiger charge is -2.10. The second-order valence-corrected chi connectivity index (χ2v) is 22.5. The van der Waals surface area contributed by atoms with Crippen molar-refractivity contribution in [3.63, 3.8) is 0 Å². The van der Waals surface area contributed by atoms with Crippen molar-refractivity contribution in [2.24, 2.45) is 28.2 Å². The number of hydrogen-bond donors (Lipinski definition) is 10. The summed E-state index contributed by atoms with van der Waals surface area (Å²) in [5.74, 6) is -1.97. The van der Waals surface area contributed by atoms with E-state index >= 15 is 0 Å². The number of nitrogens with one attached hydrogen (secondary N) is 6. The molecular weight excluding hydrogens is 1080 g/mol. The number of fused-ring (bicyclic) bond motifs is 2. The molecule has 0 saturated heterocycles. The first-order valence-corrected chi connectivity index (χ1v) is 27.1. The number of carbonyl (C=O) groups is 5. The molecule has 4 aromatic heterocycles. The predicted molar refractivity (Wildman–Crippen MR) is 273 cm³/mol. The third kappa shape index (κ3) is 11.5. The van der Waals surface area contributed by atoms with Gasteiger partial charge in [0.15, 0.2) is 0 Å². The molecule has 8 rings (SSSR count). The third-order valence-corrected chi connectivity index (χ3v) is 14.9. The minimum absolute atomic E-state index is 0.0558. The van der Waals surface area contributed by atoms with Gasteiger partial charge >= 0.3 is 6.03 Å². The molecular formula is C45H40N10O17S4. The molecule has 6 amide bonds. The third-order valence-electron chi connectivity index (χ3n) is 11.5. The fourth-order valence-electron chi connectivity index (χ4n) is 7.80. The van der Waals surface area contributed by atoms with Crippen LogP contribution in [0.1, 0.15) is 41.4 Å². The number of carbonyl (C=O) groups excluding carboxylic acids is 5. The van der Waals surface area contributed by atoms with Crippen LogP contribution in [0.25, 0.3) is 21.5 Å². The van der Waals surface area contributed by atoms with E-state index in [2.05, 4.69) is 31.9 Å². The molecule has 0 fully saturated rings. The van der Waals surface area contributed by atoms with Gasteiger partial charge in [0.1, 0.15) is 33.1 Å². The average molecular weight is 1120 g/mol. The number of aromatic nitrogens is 4. The van der Waals surface area contributed by atoms with E-state index < -0.39 is 89.7 Å². The highest BCUT2D eigenvalue weighted by atomic mass is 32.2. The summed E-state index contributed by atoms with van der Waals surface area (Å²) in [6.07, 6.45) is 5.62. The summed E-state index contributed by atoms with van der Waals surface area (Å²) in [5, 5.41) is 15.4. The molecule has 27 nitrogen and oxygen atoms in total. The van der Waals surface area contributed by atoms with E-state index in [1.54, 1.807) is 28.2 Å². The van der Waals surface area contributed by atoms with E-state index in [0.29, 0.717) is 12.1 Å². The topological polar surface area (TPSA) is 395 Å². The highest BCUT2D eigenvalue weighted by Gasteiger charge is 2.24. The first-order valence-electron chi connectivity index (χ1n) is 21.4. The zero-order valence-electron chi connectivity index (χ0n) is 39.4. The number of benzene rings is 4. The van der Waals surface area contributed by atoms with Gasteiger partial charge in [-0.25, -0.2) is 4.79 Å². The first kappa shape index (κ1) is 53.6. The van der Waals surface area contributed by atoms with Crippen molar-refractivity contribution >= 4 is 126 Å². The van der Waals surface area contributed by atoms with Crippen LogP contribution in [-0.4, -0.2) is 99.8 Å². The van der Waals surface area contributed by atoms with Crippen LogP contribution in [0.5, 0.6) is 0 Å². The van der Waals surface area contributed by atoms with Crippen molar-refractivity contribution in [2.75, 3.05) is 31.9 Å². The molecule has 0 saturated carbocycles. The monoisotopic (exact) mass is 1120 g/mol. The predicted octanol–water partition coefficient (Wildman–Crippen LogP) is 4.99. The summed E-state index contributed by atoms with van der Waals surface area (Å²) >= 11 is 0. The van der Waals surface area contributed by atoms with Gasteiger partial charge in [-0.05, 0) is 83.6 Å². The van der Waals surface area contributed by atoms with Gasteiger partial charge in [0.2, 0.25) is 0 Å². The van der Waals surface area contributed by atoms with E-state index in [1.165, 1.54) is 104 Å². The van der Waals surface area contributed by atoms with Gasteiger partial charge in [-0.2, -0.15) is 33.7 Å². The average Bonchev–Trinajstić information content (AvgIpc) is 4.09. The molecule has 4 aromatic carbocycles. The maximum atomic E-state index is 13.4. The highest BCUT2D eigenvalue weighted by Crippen LogP contribution is 2.32. The first-order chi connectivity index (χ1) is 35.3. The number of anilines is 6. The van der Waals surface area contributed by atoms with E-state index in [9.17, 15) is 75.9 Å². The summed E-state index contributed by atoms with van der Waals surface area (Å²) in [6.45, 7) is 0. The Balaban J connectivity index is 0.874. The van der Waals surface area contributed by atoms with Gasteiger partial charge in [0.25, 0.3) is 64.1 Å². The Morgan fingerprint density at radius 1 is 0.368 bits per heavy atom.